The molecule has 0 aliphatic rings. The summed E-state index contributed by atoms with van der Waals surface area (Å²) >= 11 is 0. The van der Waals surface area contributed by atoms with Crippen LogP contribution in [0.3, 0.4) is 0 Å². The van der Waals surface area contributed by atoms with Crippen LogP contribution >= 0.6 is 0 Å². The van der Waals surface area contributed by atoms with Crippen molar-refractivity contribution in [1.82, 2.24) is 0 Å². The molecule has 0 radical (unpaired) electrons. The highest BCUT2D eigenvalue weighted by atomic mass is 16.4. The maximum atomic E-state index is 10.0. The Morgan fingerprint density at radius 3 is 2.67 bits per heavy atom. The standard InChI is InChI=1S/C6H11NO2/c1-2-3-4-5(7)6(8)9/h4H,2-3,7H2,1H3,(H,8,9)/b5-4-. The summed E-state index contributed by atoms with van der Waals surface area (Å²) < 4.78 is 0. The lowest BCUT2D eigenvalue weighted by molar-refractivity contribution is -0.132. The van der Waals surface area contributed by atoms with Gasteiger partial charge in [0.2, 0.25) is 0 Å². The number of hydrogen-bond acceptors (Lipinski definition) is 2. The average molecular weight is 129 g/mol. The van der Waals surface area contributed by atoms with Crippen LogP contribution in [0.4, 0.5) is 0 Å². The van der Waals surface area contributed by atoms with Crippen molar-refractivity contribution in [3.8, 4) is 0 Å². The zero-order valence-corrected chi connectivity index (χ0v) is 5.42. The van der Waals surface area contributed by atoms with Gasteiger partial charge in [-0.1, -0.05) is 19.4 Å². The number of carboxylic acid groups (broad SMARTS) is 1. The van der Waals surface area contributed by atoms with E-state index in [1.807, 2.05) is 6.92 Å². The van der Waals surface area contributed by atoms with E-state index < -0.39 is 5.97 Å². The van der Waals surface area contributed by atoms with E-state index in [1.54, 1.807) is 0 Å². The van der Waals surface area contributed by atoms with Gasteiger partial charge in [0.1, 0.15) is 5.70 Å². The van der Waals surface area contributed by atoms with Gasteiger partial charge in [0.05, 0.1) is 0 Å². The predicted octanol–water partition coefficient (Wildman–Crippen LogP) is 0.714. The minimum Gasteiger partial charge on any atom is -0.477 e. The van der Waals surface area contributed by atoms with Crippen LogP contribution in [0.25, 0.3) is 0 Å². The number of nitrogens with two attached hydrogens (primary N) is 1. The predicted molar refractivity (Wildman–Crippen MR) is 34.8 cm³/mol. The number of aliphatic carboxylic acids is 1. The quantitative estimate of drug-likeness (QED) is 0.552. The summed E-state index contributed by atoms with van der Waals surface area (Å²) in [5.74, 6) is -1.04. The molecule has 0 aliphatic heterocycles. The summed E-state index contributed by atoms with van der Waals surface area (Å²) in [6.45, 7) is 1.96. The van der Waals surface area contributed by atoms with Crippen molar-refractivity contribution in [2.24, 2.45) is 5.73 Å². The Bertz CT molecular complexity index is 129. The molecule has 0 aliphatic carbocycles. The molecule has 0 saturated heterocycles. The Morgan fingerprint density at radius 1 is 1.78 bits per heavy atom. The summed E-state index contributed by atoms with van der Waals surface area (Å²) in [4.78, 5) is 10.0. The summed E-state index contributed by atoms with van der Waals surface area (Å²) in [5.41, 5.74) is 5.01. The molecule has 0 heterocycles. The highest BCUT2D eigenvalue weighted by Crippen LogP contribution is 1.91. The summed E-state index contributed by atoms with van der Waals surface area (Å²) in [7, 11) is 0. The van der Waals surface area contributed by atoms with Gasteiger partial charge in [-0.15, -0.1) is 0 Å². The molecule has 3 heteroatoms. The third kappa shape index (κ3) is 3.58. The van der Waals surface area contributed by atoms with Gasteiger partial charge in [-0.25, -0.2) is 4.79 Å². The first-order valence-corrected chi connectivity index (χ1v) is 2.87. The normalized spacial score (nSPS) is 11.4. The second kappa shape index (κ2) is 3.95. The van der Waals surface area contributed by atoms with Gasteiger partial charge in [0, 0.05) is 0 Å². The molecule has 0 rings (SSSR count). The van der Waals surface area contributed by atoms with Gasteiger partial charge in [0.15, 0.2) is 0 Å². The van der Waals surface area contributed by atoms with Crippen molar-refractivity contribution in [2.45, 2.75) is 19.8 Å². The number of allylic oxidation sites excluding steroid dienone is 1. The number of carbonyl (C=O) groups is 1. The number of hydrogen-bond donors (Lipinski definition) is 2. The van der Waals surface area contributed by atoms with Crippen LogP contribution in [0.15, 0.2) is 11.8 Å². The molecule has 0 fully saturated rings. The molecule has 0 atom stereocenters. The van der Waals surface area contributed by atoms with Gasteiger partial charge in [-0.2, -0.15) is 0 Å². The lowest BCUT2D eigenvalue weighted by Gasteiger charge is -1.90. The minimum absolute atomic E-state index is 0.0585. The minimum atomic E-state index is -1.04. The maximum absolute atomic E-state index is 10.0. The topological polar surface area (TPSA) is 63.3 Å². The number of carboxylic acids is 1. The smallest absolute Gasteiger partial charge is 0.351 e. The Morgan fingerprint density at radius 2 is 2.33 bits per heavy atom. The zero-order chi connectivity index (χ0) is 7.28. The molecular formula is C6H11NO2. The largest absolute Gasteiger partial charge is 0.477 e. The van der Waals surface area contributed by atoms with Crippen LogP contribution in [0.1, 0.15) is 19.8 Å². The molecule has 0 aromatic carbocycles. The Kier molecular flexibility index (Phi) is 3.51. The fourth-order valence-corrected chi connectivity index (χ4v) is 0.387. The number of rotatable bonds is 3. The highest BCUT2D eigenvalue weighted by molar-refractivity contribution is 5.85. The molecular weight excluding hydrogens is 118 g/mol. The molecule has 0 amide bonds. The first-order valence-electron chi connectivity index (χ1n) is 2.87. The summed E-state index contributed by atoms with van der Waals surface area (Å²) in [5, 5.41) is 8.22. The molecule has 0 bridgehead atoms. The maximum Gasteiger partial charge on any atom is 0.351 e. The van der Waals surface area contributed by atoms with Crippen molar-refractivity contribution in [1.29, 1.82) is 0 Å². The SMILES string of the molecule is CCC/C=C(\N)C(=O)O. The summed E-state index contributed by atoms with van der Waals surface area (Å²) in [6.07, 6.45) is 3.18. The van der Waals surface area contributed by atoms with Gasteiger partial charge in [0.25, 0.3) is 0 Å². The monoisotopic (exact) mass is 129 g/mol. The van der Waals surface area contributed by atoms with Crippen molar-refractivity contribution < 1.29 is 9.90 Å². The first kappa shape index (κ1) is 8.01. The van der Waals surface area contributed by atoms with E-state index in [0.29, 0.717) is 0 Å². The van der Waals surface area contributed by atoms with E-state index in [2.05, 4.69) is 0 Å². The third-order valence-corrected chi connectivity index (χ3v) is 0.900. The Labute approximate surface area is 54.2 Å². The fraction of sp³-hybridized carbons (Fsp3) is 0.500. The van der Waals surface area contributed by atoms with E-state index in [1.165, 1.54) is 6.08 Å². The molecule has 0 aromatic heterocycles. The second-order valence-corrected chi connectivity index (χ2v) is 1.75. The zero-order valence-electron chi connectivity index (χ0n) is 5.42. The molecule has 52 valence electrons. The van der Waals surface area contributed by atoms with Crippen LogP contribution in [-0.4, -0.2) is 11.1 Å². The Balaban J connectivity index is 3.69. The average Bonchev–Trinajstić information content (AvgIpc) is 1.82. The fourth-order valence-electron chi connectivity index (χ4n) is 0.387. The van der Waals surface area contributed by atoms with Crippen molar-refractivity contribution in [2.75, 3.05) is 0 Å². The van der Waals surface area contributed by atoms with E-state index in [4.69, 9.17) is 10.8 Å². The highest BCUT2D eigenvalue weighted by Gasteiger charge is 1.96. The summed E-state index contributed by atoms with van der Waals surface area (Å²) in [6, 6.07) is 0. The first-order chi connectivity index (χ1) is 4.18. The van der Waals surface area contributed by atoms with Crippen LogP contribution in [0.5, 0.6) is 0 Å². The second-order valence-electron chi connectivity index (χ2n) is 1.75. The molecule has 0 spiro atoms. The Hall–Kier alpha value is -0.990. The number of unbranched alkanes of at least 4 members (excludes halogenated alkanes) is 1. The molecule has 3 nitrogen and oxygen atoms in total. The van der Waals surface area contributed by atoms with E-state index in [0.717, 1.165) is 12.8 Å². The third-order valence-electron chi connectivity index (χ3n) is 0.900. The van der Waals surface area contributed by atoms with Crippen molar-refractivity contribution in [3.05, 3.63) is 11.8 Å². The molecule has 0 unspecified atom stereocenters. The van der Waals surface area contributed by atoms with Gasteiger partial charge in [-0.05, 0) is 6.42 Å². The van der Waals surface area contributed by atoms with E-state index in [-0.39, 0.29) is 5.70 Å². The lowest BCUT2D eigenvalue weighted by Crippen LogP contribution is -2.09. The van der Waals surface area contributed by atoms with Crippen LogP contribution in [0.2, 0.25) is 0 Å². The molecule has 3 N–H and O–H groups in total. The van der Waals surface area contributed by atoms with Gasteiger partial charge < -0.3 is 10.8 Å². The molecule has 9 heavy (non-hydrogen) atoms. The van der Waals surface area contributed by atoms with Crippen LogP contribution in [-0.2, 0) is 4.79 Å². The van der Waals surface area contributed by atoms with Gasteiger partial charge >= 0.3 is 5.97 Å². The van der Waals surface area contributed by atoms with E-state index >= 15 is 0 Å². The van der Waals surface area contributed by atoms with Crippen LogP contribution in [0, 0.1) is 0 Å². The van der Waals surface area contributed by atoms with Crippen molar-refractivity contribution in [3.63, 3.8) is 0 Å². The van der Waals surface area contributed by atoms with Gasteiger partial charge in [-0.3, -0.25) is 0 Å². The van der Waals surface area contributed by atoms with E-state index in [9.17, 15) is 4.79 Å². The van der Waals surface area contributed by atoms with Crippen LogP contribution < -0.4 is 5.73 Å². The molecule has 0 saturated carbocycles. The van der Waals surface area contributed by atoms with Crippen molar-refractivity contribution >= 4 is 5.97 Å². The lowest BCUT2D eigenvalue weighted by atomic mass is 10.3. The molecule has 0 aromatic rings.